The molecule has 0 atom stereocenters. The Bertz CT molecular complexity index is 658. The van der Waals surface area contributed by atoms with Crippen LogP contribution in [0.3, 0.4) is 0 Å². The van der Waals surface area contributed by atoms with Gasteiger partial charge >= 0.3 is 0 Å². The topological polar surface area (TPSA) is 52.6 Å². The van der Waals surface area contributed by atoms with Crippen LogP contribution in [-0.2, 0) is 19.5 Å². The first-order valence-corrected chi connectivity index (χ1v) is 8.82. The van der Waals surface area contributed by atoms with Gasteiger partial charge in [-0.1, -0.05) is 30.3 Å². The Morgan fingerprint density at radius 3 is 2.58 bits per heavy atom. The molecule has 1 heterocycles. The largest absolute Gasteiger partial charge is 0.357 e. The lowest BCUT2D eigenvalue weighted by Crippen LogP contribution is -2.38. The first-order valence-electron chi connectivity index (χ1n) is 8.82. The van der Waals surface area contributed by atoms with Gasteiger partial charge in [0.25, 0.3) is 0 Å². The van der Waals surface area contributed by atoms with Crippen molar-refractivity contribution in [1.29, 1.82) is 0 Å². The summed E-state index contributed by atoms with van der Waals surface area (Å²) in [6.07, 6.45) is 2.71. The fourth-order valence-corrected chi connectivity index (χ4v) is 2.56. The average Bonchev–Trinajstić information content (AvgIpc) is 2.60. The SMILES string of the molecule is CCNC(=NCc1cccc(CN(C)C)c1)NCCc1ccccn1.I. The highest BCUT2D eigenvalue weighted by Crippen LogP contribution is 2.08. The van der Waals surface area contributed by atoms with Gasteiger partial charge in [0.15, 0.2) is 5.96 Å². The second-order valence-corrected chi connectivity index (χ2v) is 6.25. The first kappa shape index (κ1) is 22.4. The van der Waals surface area contributed by atoms with Crippen molar-refractivity contribution in [2.75, 3.05) is 27.2 Å². The Morgan fingerprint density at radius 2 is 1.88 bits per heavy atom. The van der Waals surface area contributed by atoms with Gasteiger partial charge in [0.2, 0.25) is 0 Å². The van der Waals surface area contributed by atoms with Gasteiger partial charge in [-0.15, -0.1) is 24.0 Å². The summed E-state index contributed by atoms with van der Waals surface area (Å²) in [4.78, 5) is 11.2. The molecular formula is C20H30IN5. The molecule has 0 fully saturated rings. The molecule has 0 unspecified atom stereocenters. The molecule has 0 spiro atoms. The van der Waals surface area contributed by atoms with E-state index in [-0.39, 0.29) is 24.0 Å². The van der Waals surface area contributed by atoms with Gasteiger partial charge < -0.3 is 15.5 Å². The number of nitrogens with zero attached hydrogens (tertiary/aromatic N) is 3. The molecule has 0 saturated carbocycles. The van der Waals surface area contributed by atoms with Crippen molar-refractivity contribution in [3.05, 3.63) is 65.5 Å². The molecule has 0 amide bonds. The fourth-order valence-electron chi connectivity index (χ4n) is 2.56. The fraction of sp³-hybridized carbons (Fsp3) is 0.400. The predicted molar refractivity (Wildman–Crippen MR) is 120 cm³/mol. The lowest BCUT2D eigenvalue weighted by molar-refractivity contribution is 0.402. The normalized spacial score (nSPS) is 11.2. The number of aliphatic imine (C=N–C) groups is 1. The van der Waals surface area contributed by atoms with Crippen LogP contribution in [0.5, 0.6) is 0 Å². The summed E-state index contributed by atoms with van der Waals surface area (Å²) in [5.74, 6) is 0.844. The molecule has 6 heteroatoms. The third-order valence-electron chi connectivity index (χ3n) is 3.65. The number of halogens is 1. The summed E-state index contributed by atoms with van der Waals surface area (Å²) in [7, 11) is 4.17. The quantitative estimate of drug-likeness (QED) is 0.356. The number of guanidine groups is 1. The maximum absolute atomic E-state index is 4.70. The van der Waals surface area contributed by atoms with Crippen LogP contribution >= 0.6 is 24.0 Å². The standard InChI is InChI=1S/C20H29N5.HI/c1-4-21-20(23-13-11-19-10-5-6-12-22-19)24-15-17-8-7-9-18(14-17)16-25(2)3;/h5-10,12,14H,4,11,13,15-16H2,1-3H3,(H2,21,23,24);1H. The van der Waals surface area contributed by atoms with Crippen LogP contribution in [0, 0.1) is 0 Å². The number of rotatable bonds is 8. The van der Waals surface area contributed by atoms with E-state index in [0.717, 1.165) is 37.7 Å². The van der Waals surface area contributed by atoms with Crippen LogP contribution in [0.1, 0.15) is 23.7 Å². The minimum Gasteiger partial charge on any atom is -0.357 e. The Balaban J connectivity index is 0.00000338. The number of hydrogen-bond acceptors (Lipinski definition) is 3. The second kappa shape index (κ2) is 12.6. The molecule has 5 nitrogen and oxygen atoms in total. The van der Waals surface area contributed by atoms with Crippen molar-refractivity contribution in [1.82, 2.24) is 20.5 Å². The van der Waals surface area contributed by atoms with E-state index in [4.69, 9.17) is 4.99 Å². The zero-order valence-corrected chi connectivity index (χ0v) is 18.2. The Hall–Kier alpha value is -1.67. The lowest BCUT2D eigenvalue weighted by Gasteiger charge is -2.12. The summed E-state index contributed by atoms with van der Waals surface area (Å²) in [6.45, 7) is 5.34. The number of hydrogen-bond donors (Lipinski definition) is 2. The molecule has 0 aliphatic rings. The molecular weight excluding hydrogens is 437 g/mol. The van der Waals surface area contributed by atoms with Crippen molar-refractivity contribution in [3.8, 4) is 0 Å². The molecule has 26 heavy (non-hydrogen) atoms. The Kier molecular flexibility index (Phi) is 10.9. The highest BCUT2D eigenvalue weighted by molar-refractivity contribution is 14.0. The van der Waals surface area contributed by atoms with Gasteiger partial charge in [-0.3, -0.25) is 4.98 Å². The lowest BCUT2D eigenvalue weighted by atomic mass is 10.1. The van der Waals surface area contributed by atoms with Crippen LogP contribution in [-0.4, -0.2) is 43.0 Å². The van der Waals surface area contributed by atoms with E-state index in [1.807, 2.05) is 24.4 Å². The molecule has 1 aromatic heterocycles. The van der Waals surface area contributed by atoms with E-state index < -0.39 is 0 Å². The van der Waals surface area contributed by atoms with E-state index in [2.05, 4.69) is 65.8 Å². The summed E-state index contributed by atoms with van der Waals surface area (Å²) in [6, 6.07) is 14.6. The number of aromatic nitrogens is 1. The van der Waals surface area contributed by atoms with E-state index in [0.29, 0.717) is 6.54 Å². The van der Waals surface area contributed by atoms with Crippen LogP contribution in [0.4, 0.5) is 0 Å². The second-order valence-electron chi connectivity index (χ2n) is 6.25. The third kappa shape index (κ3) is 8.62. The maximum atomic E-state index is 4.70. The molecule has 2 N–H and O–H groups in total. The molecule has 0 radical (unpaired) electrons. The zero-order valence-electron chi connectivity index (χ0n) is 15.9. The maximum Gasteiger partial charge on any atom is 0.191 e. The molecule has 0 aliphatic heterocycles. The van der Waals surface area contributed by atoms with E-state index >= 15 is 0 Å². The molecule has 142 valence electrons. The Morgan fingerprint density at radius 1 is 1.08 bits per heavy atom. The van der Waals surface area contributed by atoms with Crippen molar-refractivity contribution < 1.29 is 0 Å². The number of nitrogens with one attached hydrogen (secondary N) is 2. The Labute approximate surface area is 174 Å². The molecule has 0 aliphatic carbocycles. The predicted octanol–water partition coefficient (Wildman–Crippen LogP) is 3.06. The van der Waals surface area contributed by atoms with Crippen LogP contribution in [0.15, 0.2) is 53.7 Å². The van der Waals surface area contributed by atoms with Crippen molar-refractivity contribution >= 4 is 29.9 Å². The van der Waals surface area contributed by atoms with Gasteiger partial charge in [-0.25, -0.2) is 4.99 Å². The van der Waals surface area contributed by atoms with E-state index in [1.165, 1.54) is 11.1 Å². The van der Waals surface area contributed by atoms with Crippen LogP contribution < -0.4 is 10.6 Å². The van der Waals surface area contributed by atoms with Gasteiger partial charge in [0.05, 0.1) is 6.54 Å². The summed E-state index contributed by atoms with van der Waals surface area (Å²) in [5.41, 5.74) is 3.62. The number of pyridine rings is 1. The van der Waals surface area contributed by atoms with Crippen LogP contribution in [0.25, 0.3) is 0 Å². The van der Waals surface area contributed by atoms with Crippen molar-refractivity contribution in [2.45, 2.75) is 26.4 Å². The van der Waals surface area contributed by atoms with Crippen molar-refractivity contribution in [2.24, 2.45) is 4.99 Å². The highest BCUT2D eigenvalue weighted by atomic mass is 127. The average molecular weight is 467 g/mol. The van der Waals surface area contributed by atoms with Gasteiger partial charge in [0, 0.05) is 37.9 Å². The van der Waals surface area contributed by atoms with Gasteiger partial charge in [0.1, 0.15) is 0 Å². The summed E-state index contributed by atoms with van der Waals surface area (Å²) in [5, 5.41) is 6.67. The van der Waals surface area contributed by atoms with Gasteiger partial charge in [-0.2, -0.15) is 0 Å². The molecule has 0 saturated heterocycles. The minimum atomic E-state index is 0. The molecule has 2 rings (SSSR count). The van der Waals surface area contributed by atoms with Crippen LogP contribution in [0.2, 0.25) is 0 Å². The zero-order chi connectivity index (χ0) is 17.9. The minimum absolute atomic E-state index is 0. The van der Waals surface area contributed by atoms with Gasteiger partial charge in [-0.05, 0) is 44.3 Å². The smallest absolute Gasteiger partial charge is 0.191 e. The molecule has 1 aromatic carbocycles. The highest BCUT2D eigenvalue weighted by Gasteiger charge is 2.00. The third-order valence-corrected chi connectivity index (χ3v) is 3.65. The first-order chi connectivity index (χ1) is 12.2. The molecule has 2 aromatic rings. The summed E-state index contributed by atoms with van der Waals surface area (Å²) >= 11 is 0. The van der Waals surface area contributed by atoms with E-state index in [9.17, 15) is 0 Å². The summed E-state index contributed by atoms with van der Waals surface area (Å²) < 4.78 is 0. The molecule has 0 bridgehead atoms. The number of benzene rings is 1. The van der Waals surface area contributed by atoms with Crippen molar-refractivity contribution in [3.63, 3.8) is 0 Å². The van der Waals surface area contributed by atoms with E-state index in [1.54, 1.807) is 0 Å². The monoisotopic (exact) mass is 467 g/mol.